The Morgan fingerprint density at radius 1 is 0.708 bits per heavy atom. The molecule has 24 heavy (non-hydrogen) atoms. The molecule has 0 amide bonds. The highest BCUT2D eigenvalue weighted by atomic mass is 16.7. The van der Waals surface area contributed by atoms with Crippen LogP contribution in [0, 0.1) is 0 Å². The van der Waals surface area contributed by atoms with Gasteiger partial charge in [-0.1, -0.05) is 90.4 Å². The average Bonchev–Trinajstić information content (AvgIpc) is 2.61. The predicted octanol–water partition coefficient (Wildman–Crippen LogP) is 4.81. The number of aliphatic hydroxyl groups excluding tert-OH is 2. The van der Waals surface area contributed by atoms with E-state index < -0.39 is 12.4 Å². The summed E-state index contributed by atoms with van der Waals surface area (Å²) < 4.78 is 10.4. The molecule has 0 saturated carbocycles. The molecule has 0 spiro atoms. The Morgan fingerprint density at radius 2 is 1.12 bits per heavy atom. The Bertz CT molecular complexity index is 236. The minimum absolute atomic E-state index is 0.336. The number of rotatable bonds is 19. The Morgan fingerprint density at radius 3 is 1.50 bits per heavy atom. The van der Waals surface area contributed by atoms with Crippen molar-refractivity contribution in [2.45, 2.75) is 109 Å². The van der Waals surface area contributed by atoms with Crippen molar-refractivity contribution in [1.82, 2.24) is 0 Å². The van der Waals surface area contributed by atoms with Crippen molar-refractivity contribution in [2.24, 2.45) is 0 Å². The second-order valence-corrected chi connectivity index (χ2v) is 6.82. The summed E-state index contributed by atoms with van der Waals surface area (Å²) in [6.07, 6.45) is 17.0. The summed E-state index contributed by atoms with van der Waals surface area (Å²) in [7, 11) is 1.48. The fourth-order valence-corrected chi connectivity index (χ4v) is 2.92. The Hall–Kier alpha value is -0.160. The summed E-state index contributed by atoms with van der Waals surface area (Å²) in [5.74, 6) is 0. The van der Waals surface area contributed by atoms with Crippen molar-refractivity contribution in [3.8, 4) is 0 Å². The molecule has 2 unspecified atom stereocenters. The minimum Gasteiger partial charge on any atom is -0.393 e. The van der Waals surface area contributed by atoms with Gasteiger partial charge in [0.15, 0.2) is 6.29 Å². The first-order valence-corrected chi connectivity index (χ1v) is 10.2. The summed E-state index contributed by atoms with van der Waals surface area (Å²) in [6, 6.07) is 0. The summed E-state index contributed by atoms with van der Waals surface area (Å²) in [5, 5.41) is 18.3. The quantitative estimate of drug-likeness (QED) is 0.260. The lowest BCUT2D eigenvalue weighted by molar-refractivity contribution is -0.188. The molecule has 4 nitrogen and oxygen atoms in total. The van der Waals surface area contributed by atoms with Crippen molar-refractivity contribution in [3.63, 3.8) is 0 Å². The number of ether oxygens (including phenoxy) is 2. The lowest BCUT2D eigenvalue weighted by atomic mass is 10.0. The highest BCUT2D eigenvalue weighted by Crippen LogP contribution is 2.13. The first kappa shape index (κ1) is 23.8. The van der Waals surface area contributed by atoms with E-state index in [9.17, 15) is 5.11 Å². The molecule has 0 saturated heterocycles. The third-order valence-electron chi connectivity index (χ3n) is 4.51. The van der Waals surface area contributed by atoms with Crippen LogP contribution in [0.2, 0.25) is 0 Å². The molecule has 0 aliphatic carbocycles. The third-order valence-corrected chi connectivity index (χ3v) is 4.51. The highest BCUT2D eigenvalue weighted by molar-refractivity contribution is 4.57. The fraction of sp³-hybridized carbons (Fsp3) is 1.00. The van der Waals surface area contributed by atoms with Crippen molar-refractivity contribution >= 4 is 0 Å². The maximum absolute atomic E-state index is 9.43. The van der Waals surface area contributed by atoms with Crippen LogP contribution in [0.1, 0.15) is 96.8 Å². The maximum Gasteiger partial charge on any atom is 0.185 e. The Kier molecular flexibility index (Phi) is 19.0. The lowest BCUT2D eigenvalue weighted by Crippen LogP contribution is -2.33. The van der Waals surface area contributed by atoms with E-state index in [1.54, 1.807) is 0 Å². The van der Waals surface area contributed by atoms with Gasteiger partial charge in [0.1, 0.15) is 6.10 Å². The molecular formula is C20H42O4. The Balaban J connectivity index is 3.17. The van der Waals surface area contributed by atoms with Gasteiger partial charge in [-0.3, -0.25) is 0 Å². The second kappa shape index (κ2) is 19.2. The molecule has 0 aromatic rings. The van der Waals surface area contributed by atoms with Gasteiger partial charge in [0.05, 0.1) is 6.61 Å². The first-order chi connectivity index (χ1) is 11.8. The monoisotopic (exact) mass is 346 g/mol. The van der Waals surface area contributed by atoms with Crippen LogP contribution in [0.15, 0.2) is 0 Å². The van der Waals surface area contributed by atoms with Crippen LogP contribution in [0.4, 0.5) is 0 Å². The van der Waals surface area contributed by atoms with Crippen LogP contribution in [-0.4, -0.2) is 42.9 Å². The number of aliphatic hydroxyl groups is 2. The molecule has 0 aromatic carbocycles. The average molecular weight is 347 g/mol. The molecule has 2 N–H and O–H groups in total. The van der Waals surface area contributed by atoms with Gasteiger partial charge in [0.25, 0.3) is 0 Å². The van der Waals surface area contributed by atoms with E-state index in [0.29, 0.717) is 6.61 Å². The largest absolute Gasteiger partial charge is 0.393 e. The predicted molar refractivity (Wildman–Crippen MR) is 100 cm³/mol. The topological polar surface area (TPSA) is 58.9 Å². The van der Waals surface area contributed by atoms with Crippen molar-refractivity contribution < 1.29 is 19.7 Å². The van der Waals surface area contributed by atoms with E-state index in [1.165, 1.54) is 84.2 Å². The minimum atomic E-state index is -0.957. The smallest absolute Gasteiger partial charge is 0.185 e. The molecule has 0 aliphatic heterocycles. The number of unbranched alkanes of at least 4 members (excludes halogenated alkanes) is 13. The zero-order valence-electron chi connectivity index (χ0n) is 16.2. The van der Waals surface area contributed by atoms with Crippen molar-refractivity contribution in [3.05, 3.63) is 0 Å². The first-order valence-electron chi connectivity index (χ1n) is 10.2. The SMILES string of the molecule is CCCCCCCCCCCCCCCCOC(OC)C(O)CO. The summed E-state index contributed by atoms with van der Waals surface area (Å²) in [5.41, 5.74) is 0. The standard InChI is InChI=1S/C20H42O4/c1-3-4-5-6-7-8-9-10-11-12-13-14-15-16-17-24-20(23-2)19(22)18-21/h19-22H,3-18H2,1-2H3. The zero-order chi connectivity index (χ0) is 17.9. The number of hydrogen-bond acceptors (Lipinski definition) is 4. The fourth-order valence-electron chi connectivity index (χ4n) is 2.92. The van der Waals surface area contributed by atoms with E-state index in [0.717, 1.165) is 12.8 Å². The molecule has 0 rings (SSSR count). The van der Waals surface area contributed by atoms with Crippen LogP contribution in [-0.2, 0) is 9.47 Å². The summed E-state index contributed by atoms with van der Waals surface area (Å²) in [4.78, 5) is 0. The summed E-state index contributed by atoms with van der Waals surface area (Å²) >= 11 is 0. The number of hydrogen-bond donors (Lipinski definition) is 2. The van der Waals surface area contributed by atoms with Crippen molar-refractivity contribution in [2.75, 3.05) is 20.3 Å². The lowest BCUT2D eigenvalue weighted by Gasteiger charge is -2.20. The third kappa shape index (κ3) is 15.4. The maximum atomic E-state index is 9.43. The van der Waals surface area contributed by atoms with E-state index >= 15 is 0 Å². The van der Waals surface area contributed by atoms with Crippen LogP contribution in [0.3, 0.4) is 0 Å². The highest BCUT2D eigenvalue weighted by Gasteiger charge is 2.17. The van der Waals surface area contributed by atoms with Crippen LogP contribution < -0.4 is 0 Å². The molecule has 0 bridgehead atoms. The van der Waals surface area contributed by atoms with Gasteiger partial charge in [-0.25, -0.2) is 0 Å². The second-order valence-electron chi connectivity index (χ2n) is 6.82. The molecule has 4 heteroatoms. The van der Waals surface area contributed by atoms with Gasteiger partial charge in [-0.05, 0) is 6.42 Å². The molecule has 146 valence electrons. The van der Waals surface area contributed by atoms with Gasteiger partial charge >= 0.3 is 0 Å². The van der Waals surface area contributed by atoms with Crippen LogP contribution >= 0.6 is 0 Å². The molecule has 0 fully saturated rings. The molecule has 0 aromatic heterocycles. The molecule has 0 aliphatic rings. The van der Waals surface area contributed by atoms with Gasteiger partial charge in [-0.2, -0.15) is 0 Å². The van der Waals surface area contributed by atoms with E-state index in [1.807, 2.05) is 0 Å². The Labute approximate surface area is 149 Å². The van der Waals surface area contributed by atoms with Gasteiger partial charge in [-0.15, -0.1) is 0 Å². The van der Waals surface area contributed by atoms with Crippen molar-refractivity contribution in [1.29, 1.82) is 0 Å². The van der Waals surface area contributed by atoms with E-state index in [4.69, 9.17) is 14.6 Å². The summed E-state index contributed by atoms with van der Waals surface area (Å²) in [6.45, 7) is 2.51. The molecule has 0 heterocycles. The molecule has 0 radical (unpaired) electrons. The normalized spacial score (nSPS) is 14.0. The zero-order valence-corrected chi connectivity index (χ0v) is 16.2. The number of methoxy groups -OCH3 is 1. The van der Waals surface area contributed by atoms with Gasteiger partial charge in [0.2, 0.25) is 0 Å². The van der Waals surface area contributed by atoms with Crippen LogP contribution in [0.5, 0.6) is 0 Å². The molecular weight excluding hydrogens is 304 g/mol. The molecule has 2 atom stereocenters. The van der Waals surface area contributed by atoms with Gasteiger partial charge < -0.3 is 19.7 Å². The van der Waals surface area contributed by atoms with E-state index in [-0.39, 0.29) is 6.61 Å². The van der Waals surface area contributed by atoms with E-state index in [2.05, 4.69) is 6.92 Å². The van der Waals surface area contributed by atoms with Gasteiger partial charge in [0, 0.05) is 13.7 Å². The van der Waals surface area contributed by atoms with Crippen LogP contribution in [0.25, 0.3) is 0 Å².